The van der Waals surface area contributed by atoms with Crippen molar-refractivity contribution in [2.45, 2.75) is 17.1 Å². The van der Waals surface area contributed by atoms with Gasteiger partial charge in [-0.1, -0.05) is 24.3 Å². The summed E-state index contributed by atoms with van der Waals surface area (Å²) in [7, 11) is 0. The molecule has 0 saturated heterocycles. The van der Waals surface area contributed by atoms with Crippen molar-refractivity contribution in [1.29, 1.82) is 0 Å². The van der Waals surface area contributed by atoms with Gasteiger partial charge in [0, 0.05) is 40.8 Å². The van der Waals surface area contributed by atoms with Crippen molar-refractivity contribution in [3.63, 3.8) is 0 Å². The Morgan fingerprint density at radius 2 is 1.82 bits per heavy atom. The summed E-state index contributed by atoms with van der Waals surface area (Å²) in [5.74, 6) is 0.871. The fraction of sp³-hybridized carbons (Fsp3) is 0.130. The molecule has 4 nitrogen and oxygen atoms in total. The second-order valence-corrected chi connectivity index (χ2v) is 7.90. The van der Waals surface area contributed by atoms with E-state index in [1.807, 2.05) is 76.2 Å². The molecule has 0 N–H and O–H groups in total. The summed E-state index contributed by atoms with van der Waals surface area (Å²) >= 11 is 1.73. The SMILES string of the molecule is O=C(c1ccc(SCc2cn3ccccc3n2)cc1)N1CCc2ccccc21. The number of nitrogens with zero attached hydrogens (tertiary/aromatic N) is 3. The molecule has 0 atom stereocenters. The van der Waals surface area contributed by atoms with E-state index in [1.54, 1.807) is 11.8 Å². The number of para-hydroxylation sites is 1. The predicted molar refractivity (Wildman–Crippen MR) is 113 cm³/mol. The Bertz CT molecular complexity index is 1120. The molecule has 4 aromatic rings. The van der Waals surface area contributed by atoms with E-state index >= 15 is 0 Å². The van der Waals surface area contributed by atoms with Crippen LogP contribution < -0.4 is 4.90 Å². The van der Waals surface area contributed by atoms with Crippen LogP contribution in [0.1, 0.15) is 21.6 Å². The van der Waals surface area contributed by atoms with Crippen molar-refractivity contribution in [3.05, 3.63) is 95.9 Å². The fourth-order valence-electron chi connectivity index (χ4n) is 3.61. The third-order valence-electron chi connectivity index (χ3n) is 5.03. The number of fused-ring (bicyclic) bond motifs is 2. The molecule has 0 aliphatic carbocycles. The van der Waals surface area contributed by atoms with Crippen LogP contribution in [0, 0.1) is 0 Å². The molecular weight excluding hydrogens is 366 g/mol. The number of hydrogen-bond acceptors (Lipinski definition) is 3. The lowest BCUT2D eigenvalue weighted by Gasteiger charge is -2.17. The quantitative estimate of drug-likeness (QED) is 0.472. The van der Waals surface area contributed by atoms with Gasteiger partial charge in [-0.25, -0.2) is 4.98 Å². The van der Waals surface area contributed by atoms with Crippen molar-refractivity contribution in [1.82, 2.24) is 9.38 Å². The summed E-state index contributed by atoms with van der Waals surface area (Å²) in [5.41, 5.74) is 5.03. The van der Waals surface area contributed by atoms with Crippen molar-refractivity contribution in [2.24, 2.45) is 0 Å². The van der Waals surface area contributed by atoms with Gasteiger partial charge in [0.05, 0.1) is 5.69 Å². The van der Waals surface area contributed by atoms with Crippen LogP contribution in [0.4, 0.5) is 5.69 Å². The van der Waals surface area contributed by atoms with Crippen LogP contribution in [0.25, 0.3) is 5.65 Å². The third-order valence-corrected chi connectivity index (χ3v) is 6.08. The maximum atomic E-state index is 12.9. The van der Waals surface area contributed by atoms with Gasteiger partial charge in [0.1, 0.15) is 5.65 Å². The smallest absolute Gasteiger partial charge is 0.258 e. The number of thioether (sulfide) groups is 1. The Morgan fingerprint density at radius 3 is 2.68 bits per heavy atom. The summed E-state index contributed by atoms with van der Waals surface area (Å²) < 4.78 is 2.03. The first kappa shape index (κ1) is 17.1. The minimum Gasteiger partial charge on any atom is -0.308 e. The molecule has 0 bridgehead atoms. The largest absolute Gasteiger partial charge is 0.308 e. The zero-order valence-corrected chi connectivity index (χ0v) is 16.1. The molecule has 5 rings (SSSR count). The van der Waals surface area contributed by atoms with Crippen LogP contribution in [0.5, 0.6) is 0 Å². The number of carbonyl (C=O) groups excluding carboxylic acids is 1. The normalized spacial score (nSPS) is 13.1. The topological polar surface area (TPSA) is 37.6 Å². The van der Waals surface area contributed by atoms with Crippen LogP contribution >= 0.6 is 11.8 Å². The minimum absolute atomic E-state index is 0.0712. The monoisotopic (exact) mass is 385 g/mol. The lowest BCUT2D eigenvalue weighted by Crippen LogP contribution is -2.28. The number of aromatic nitrogens is 2. The summed E-state index contributed by atoms with van der Waals surface area (Å²) in [6.07, 6.45) is 4.99. The number of amides is 1. The number of pyridine rings is 1. The van der Waals surface area contributed by atoms with Crippen molar-refractivity contribution >= 4 is 29.0 Å². The number of carbonyl (C=O) groups is 1. The van der Waals surface area contributed by atoms with E-state index in [9.17, 15) is 4.79 Å². The average molecular weight is 385 g/mol. The fourth-order valence-corrected chi connectivity index (χ4v) is 4.39. The summed E-state index contributed by atoms with van der Waals surface area (Å²) in [5, 5.41) is 0. The molecule has 0 fully saturated rings. The first-order chi connectivity index (χ1) is 13.8. The van der Waals surface area contributed by atoms with Crippen LogP contribution in [0.15, 0.2) is 84.0 Å². The molecule has 28 heavy (non-hydrogen) atoms. The van der Waals surface area contributed by atoms with E-state index in [0.29, 0.717) is 0 Å². The molecule has 1 aliphatic rings. The highest BCUT2D eigenvalue weighted by Crippen LogP contribution is 2.29. The highest BCUT2D eigenvalue weighted by molar-refractivity contribution is 7.98. The van der Waals surface area contributed by atoms with E-state index in [4.69, 9.17) is 0 Å². The molecule has 3 heterocycles. The third kappa shape index (κ3) is 3.18. The number of anilines is 1. The maximum absolute atomic E-state index is 12.9. The number of rotatable bonds is 4. The second-order valence-electron chi connectivity index (χ2n) is 6.85. The van der Waals surface area contributed by atoms with Gasteiger partial charge >= 0.3 is 0 Å². The first-order valence-electron chi connectivity index (χ1n) is 9.33. The van der Waals surface area contributed by atoms with Crippen molar-refractivity contribution in [3.8, 4) is 0 Å². The van der Waals surface area contributed by atoms with Gasteiger partial charge in [-0.3, -0.25) is 4.79 Å². The minimum atomic E-state index is 0.0712. The van der Waals surface area contributed by atoms with Crippen LogP contribution in [0.3, 0.4) is 0 Å². The highest BCUT2D eigenvalue weighted by Gasteiger charge is 2.24. The molecule has 2 aromatic carbocycles. The number of imidazole rings is 1. The lowest BCUT2D eigenvalue weighted by atomic mass is 10.1. The molecular formula is C23H19N3OS. The van der Waals surface area contributed by atoms with Crippen LogP contribution in [-0.4, -0.2) is 21.8 Å². The van der Waals surface area contributed by atoms with Gasteiger partial charge in [0.15, 0.2) is 0 Å². The zero-order valence-electron chi connectivity index (χ0n) is 15.3. The summed E-state index contributed by atoms with van der Waals surface area (Å²) in [6.45, 7) is 0.753. The number of benzene rings is 2. The van der Waals surface area contributed by atoms with Crippen LogP contribution in [0.2, 0.25) is 0 Å². The van der Waals surface area contributed by atoms with E-state index in [0.717, 1.165) is 46.2 Å². The van der Waals surface area contributed by atoms with E-state index in [2.05, 4.69) is 17.2 Å². The standard InChI is InChI=1S/C23H19N3OS/c27-23(26-14-12-17-5-1-2-6-21(17)26)18-8-10-20(11-9-18)28-16-19-15-25-13-4-3-7-22(25)24-19/h1-11,13,15H,12,14,16H2. The van der Waals surface area contributed by atoms with Crippen LogP contribution in [-0.2, 0) is 12.2 Å². The Kier molecular flexibility index (Phi) is 4.37. The van der Waals surface area contributed by atoms with Gasteiger partial charge in [-0.05, 0) is 54.4 Å². The molecule has 0 spiro atoms. The van der Waals surface area contributed by atoms with Gasteiger partial charge in [0.2, 0.25) is 0 Å². The Labute approximate surface area is 167 Å². The average Bonchev–Trinajstić information content (AvgIpc) is 3.36. The molecule has 1 amide bonds. The summed E-state index contributed by atoms with van der Waals surface area (Å²) in [6, 6.07) is 22.0. The molecule has 1 aliphatic heterocycles. The van der Waals surface area contributed by atoms with E-state index in [1.165, 1.54) is 5.56 Å². The number of hydrogen-bond donors (Lipinski definition) is 0. The van der Waals surface area contributed by atoms with Gasteiger partial charge < -0.3 is 9.30 Å². The van der Waals surface area contributed by atoms with E-state index in [-0.39, 0.29) is 5.91 Å². The Hall–Kier alpha value is -3.05. The Balaban J connectivity index is 1.27. The van der Waals surface area contributed by atoms with Crippen molar-refractivity contribution in [2.75, 3.05) is 11.4 Å². The second kappa shape index (κ2) is 7.17. The highest BCUT2D eigenvalue weighted by atomic mass is 32.2. The molecule has 0 saturated carbocycles. The van der Waals surface area contributed by atoms with Gasteiger partial charge in [-0.15, -0.1) is 11.8 Å². The molecule has 0 unspecified atom stereocenters. The first-order valence-corrected chi connectivity index (χ1v) is 10.3. The Morgan fingerprint density at radius 1 is 1.00 bits per heavy atom. The molecule has 138 valence electrons. The predicted octanol–water partition coefficient (Wildman–Crippen LogP) is 4.83. The lowest BCUT2D eigenvalue weighted by molar-refractivity contribution is 0.0989. The molecule has 5 heteroatoms. The van der Waals surface area contributed by atoms with Crippen molar-refractivity contribution < 1.29 is 4.79 Å². The van der Waals surface area contributed by atoms with Gasteiger partial charge in [-0.2, -0.15) is 0 Å². The van der Waals surface area contributed by atoms with E-state index < -0.39 is 0 Å². The zero-order chi connectivity index (χ0) is 18.9. The van der Waals surface area contributed by atoms with Gasteiger partial charge in [0.25, 0.3) is 5.91 Å². The molecule has 0 radical (unpaired) electrons. The molecule has 2 aromatic heterocycles. The summed E-state index contributed by atoms with van der Waals surface area (Å²) in [4.78, 5) is 20.6. The maximum Gasteiger partial charge on any atom is 0.258 e.